The fourth-order valence-electron chi connectivity index (χ4n) is 4.13. The lowest BCUT2D eigenvalue weighted by Gasteiger charge is -2.34. The molecular weight excluding hydrogens is 286 g/mol. The molecule has 1 atom stereocenters. The maximum absolute atomic E-state index is 13.1. The van der Waals surface area contributed by atoms with Gasteiger partial charge in [0, 0.05) is 12.5 Å². The zero-order valence-corrected chi connectivity index (χ0v) is 14.3. The minimum absolute atomic E-state index is 0.248. The van der Waals surface area contributed by atoms with E-state index in [9.17, 15) is 4.79 Å². The number of likely N-dealkylation sites (tertiary alicyclic amines) is 1. The Hall–Kier alpha value is -1.51. The van der Waals surface area contributed by atoms with Crippen LogP contribution in [0.5, 0.6) is 5.75 Å². The number of amides is 1. The maximum atomic E-state index is 13.1. The van der Waals surface area contributed by atoms with Gasteiger partial charge in [-0.1, -0.05) is 44.2 Å². The second-order valence-corrected chi connectivity index (χ2v) is 7.00. The molecule has 3 nitrogen and oxygen atoms in total. The van der Waals surface area contributed by atoms with Crippen LogP contribution in [-0.4, -0.2) is 24.5 Å². The average molecular weight is 315 g/mol. The molecule has 0 spiro atoms. The first-order chi connectivity index (χ1) is 11.3. The first-order valence-electron chi connectivity index (χ1n) is 9.24. The molecule has 23 heavy (non-hydrogen) atoms. The monoisotopic (exact) mass is 315 g/mol. The van der Waals surface area contributed by atoms with Gasteiger partial charge in [0.2, 0.25) is 5.91 Å². The number of rotatable bonds is 3. The quantitative estimate of drug-likeness (QED) is 0.808. The molecule has 126 valence electrons. The Morgan fingerprint density at radius 1 is 0.957 bits per heavy atom. The standard InChI is InChI=1S/C20H29NO2/c1-23-18-13-11-16(12-14-18)19-10-6-3-7-15-21(19)20(22)17-8-4-2-5-9-17/h11-14,17,19H,2-10,15H2,1H3. The Bertz CT molecular complexity index is 505. The van der Waals surface area contributed by atoms with Crippen molar-refractivity contribution in [1.82, 2.24) is 4.90 Å². The molecule has 1 heterocycles. The third kappa shape index (κ3) is 3.88. The summed E-state index contributed by atoms with van der Waals surface area (Å²) in [4.78, 5) is 15.3. The van der Waals surface area contributed by atoms with Gasteiger partial charge in [-0.3, -0.25) is 4.79 Å². The number of carbonyl (C=O) groups is 1. The van der Waals surface area contributed by atoms with Crippen LogP contribution in [0.4, 0.5) is 0 Å². The Morgan fingerprint density at radius 3 is 2.30 bits per heavy atom. The molecule has 2 fully saturated rings. The van der Waals surface area contributed by atoms with Gasteiger partial charge in [-0.2, -0.15) is 0 Å². The summed E-state index contributed by atoms with van der Waals surface area (Å²) in [6.45, 7) is 0.923. The van der Waals surface area contributed by atoms with E-state index < -0.39 is 0 Å². The highest BCUT2D eigenvalue weighted by molar-refractivity contribution is 5.79. The summed E-state index contributed by atoms with van der Waals surface area (Å²) in [6, 6.07) is 8.55. The predicted molar refractivity (Wildman–Crippen MR) is 92.5 cm³/mol. The lowest BCUT2D eigenvalue weighted by atomic mass is 9.87. The van der Waals surface area contributed by atoms with Crippen molar-refractivity contribution in [3.05, 3.63) is 29.8 Å². The van der Waals surface area contributed by atoms with Crippen molar-refractivity contribution in [3.63, 3.8) is 0 Å². The van der Waals surface area contributed by atoms with Crippen LogP contribution in [-0.2, 0) is 4.79 Å². The number of benzene rings is 1. The molecule has 1 aliphatic heterocycles. The summed E-state index contributed by atoms with van der Waals surface area (Å²) >= 11 is 0. The van der Waals surface area contributed by atoms with E-state index in [0.29, 0.717) is 5.91 Å². The van der Waals surface area contributed by atoms with Crippen molar-refractivity contribution in [3.8, 4) is 5.75 Å². The smallest absolute Gasteiger partial charge is 0.226 e. The van der Waals surface area contributed by atoms with Crippen molar-refractivity contribution in [2.24, 2.45) is 5.92 Å². The van der Waals surface area contributed by atoms with Crippen molar-refractivity contribution in [2.75, 3.05) is 13.7 Å². The molecule has 2 aliphatic rings. The molecule has 0 aromatic heterocycles. The van der Waals surface area contributed by atoms with Crippen LogP contribution in [0.15, 0.2) is 24.3 Å². The average Bonchev–Trinajstić information content (AvgIpc) is 2.88. The third-order valence-electron chi connectivity index (χ3n) is 5.49. The van der Waals surface area contributed by atoms with Gasteiger partial charge in [0.25, 0.3) is 0 Å². The minimum atomic E-state index is 0.248. The number of ether oxygens (including phenoxy) is 1. The summed E-state index contributed by atoms with van der Waals surface area (Å²) in [5, 5.41) is 0. The van der Waals surface area contributed by atoms with Gasteiger partial charge in [0.15, 0.2) is 0 Å². The highest BCUT2D eigenvalue weighted by Gasteiger charge is 2.32. The molecule has 1 amide bonds. The van der Waals surface area contributed by atoms with Gasteiger partial charge in [0.05, 0.1) is 13.2 Å². The van der Waals surface area contributed by atoms with E-state index in [2.05, 4.69) is 17.0 Å². The number of nitrogens with zero attached hydrogens (tertiary/aromatic N) is 1. The van der Waals surface area contributed by atoms with E-state index in [1.165, 1.54) is 37.7 Å². The van der Waals surface area contributed by atoms with Gasteiger partial charge < -0.3 is 9.64 Å². The van der Waals surface area contributed by atoms with E-state index in [-0.39, 0.29) is 12.0 Å². The zero-order chi connectivity index (χ0) is 16.1. The van der Waals surface area contributed by atoms with Crippen LogP contribution < -0.4 is 4.74 Å². The number of hydrogen-bond acceptors (Lipinski definition) is 2. The number of carbonyl (C=O) groups excluding carboxylic acids is 1. The Balaban J connectivity index is 1.79. The van der Waals surface area contributed by atoms with E-state index >= 15 is 0 Å². The molecule has 0 radical (unpaired) electrons. The molecule has 1 saturated heterocycles. The van der Waals surface area contributed by atoms with Crippen molar-refractivity contribution in [2.45, 2.75) is 63.8 Å². The van der Waals surface area contributed by atoms with E-state index in [4.69, 9.17) is 4.74 Å². The van der Waals surface area contributed by atoms with E-state index in [1.54, 1.807) is 7.11 Å². The zero-order valence-electron chi connectivity index (χ0n) is 14.3. The SMILES string of the molecule is COc1ccc(C2CCCCCN2C(=O)C2CCCCC2)cc1. The molecule has 0 bridgehead atoms. The molecule has 1 aromatic carbocycles. The van der Waals surface area contributed by atoms with E-state index in [1.807, 2.05) is 12.1 Å². The molecule has 3 heteroatoms. The summed E-state index contributed by atoms with van der Waals surface area (Å²) in [6.07, 6.45) is 10.6. The summed E-state index contributed by atoms with van der Waals surface area (Å²) in [5.41, 5.74) is 1.26. The second-order valence-electron chi connectivity index (χ2n) is 7.00. The highest BCUT2D eigenvalue weighted by Crippen LogP contribution is 2.34. The molecule has 3 rings (SSSR count). The Morgan fingerprint density at radius 2 is 1.61 bits per heavy atom. The van der Waals surface area contributed by atoms with Gasteiger partial charge >= 0.3 is 0 Å². The lowest BCUT2D eigenvalue weighted by Crippen LogP contribution is -2.39. The third-order valence-corrected chi connectivity index (χ3v) is 5.49. The Kier molecular flexibility index (Phi) is 5.58. The van der Waals surface area contributed by atoms with Crippen LogP contribution in [0.25, 0.3) is 0 Å². The largest absolute Gasteiger partial charge is 0.497 e. The summed E-state index contributed by atoms with van der Waals surface area (Å²) < 4.78 is 5.27. The fourth-order valence-corrected chi connectivity index (χ4v) is 4.13. The van der Waals surface area contributed by atoms with Crippen LogP contribution in [0, 0.1) is 5.92 Å². The summed E-state index contributed by atoms with van der Waals surface area (Å²) in [7, 11) is 1.69. The molecule has 1 aliphatic carbocycles. The second kappa shape index (κ2) is 7.85. The van der Waals surface area contributed by atoms with E-state index in [0.717, 1.165) is 38.0 Å². The topological polar surface area (TPSA) is 29.5 Å². The predicted octanol–water partition coefficient (Wildman–Crippen LogP) is 4.72. The van der Waals surface area contributed by atoms with Gasteiger partial charge in [0.1, 0.15) is 5.75 Å². The molecular formula is C20H29NO2. The molecule has 0 N–H and O–H groups in total. The van der Waals surface area contributed by atoms with Crippen molar-refractivity contribution < 1.29 is 9.53 Å². The van der Waals surface area contributed by atoms with Crippen LogP contribution in [0.1, 0.15) is 69.4 Å². The molecule has 1 unspecified atom stereocenters. The molecule has 1 saturated carbocycles. The first-order valence-corrected chi connectivity index (χ1v) is 9.24. The van der Waals surface area contributed by atoms with Crippen molar-refractivity contribution >= 4 is 5.91 Å². The van der Waals surface area contributed by atoms with Crippen LogP contribution in [0.2, 0.25) is 0 Å². The van der Waals surface area contributed by atoms with Gasteiger partial charge in [-0.25, -0.2) is 0 Å². The Labute approximate surface area is 140 Å². The number of methoxy groups -OCH3 is 1. The van der Waals surface area contributed by atoms with Crippen LogP contribution in [0.3, 0.4) is 0 Å². The van der Waals surface area contributed by atoms with Crippen molar-refractivity contribution in [1.29, 1.82) is 0 Å². The van der Waals surface area contributed by atoms with Crippen LogP contribution >= 0.6 is 0 Å². The minimum Gasteiger partial charge on any atom is -0.497 e. The van der Waals surface area contributed by atoms with Gasteiger partial charge in [-0.05, 0) is 43.4 Å². The maximum Gasteiger partial charge on any atom is 0.226 e. The van der Waals surface area contributed by atoms with Gasteiger partial charge in [-0.15, -0.1) is 0 Å². The summed E-state index contributed by atoms with van der Waals surface area (Å²) in [5.74, 6) is 1.56. The highest BCUT2D eigenvalue weighted by atomic mass is 16.5. The normalized spacial score (nSPS) is 23.3. The number of hydrogen-bond donors (Lipinski definition) is 0. The molecule has 1 aromatic rings. The lowest BCUT2D eigenvalue weighted by molar-refractivity contribution is -0.139. The first kappa shape index (κ1) is 16.4. The fraction of sp³-hybridized carbons (Fsp3) is 0.650.